The first-order valence-corrected chi connectivity index (χ1v) is 8.19. The van der Waals surface area contributed by atoms with E-state index in [0.29, 0.717) is 5.82 Å². The number of pyridine rings is 1. The number of nitrogens with one attached hydrogen (secondary N) is 1. The smallest absolute Gasteiger partial charge is 0.287 e. The third-order valence-electron chi connectivity index (χ3n) is 3.90. The highest BCUT2D eigenvalue weighted by Crippen LogP contribution is 2.12. The first-order chi connectivity index (χ1) is 13.1. The highest BCUT2D eigenvalue weighted by Gasteiger charge is 2.27. The minimum absolute atomic E-state index is 0.145. The Balaban J connectivity index is 1.87. The van der Waals surface area contributed by atoms with E-state index in [1.54, 1.807) is 54.9 Å². The van der Waals surface area contributed by atoms with Crippen LogP contribution in [-0.4, -0.2) is 38.4 Å². The first-order valence-electron chi connectivity index (χ1n) is 8.19. The van der Waals surface area contributed by atoms with E-state index in [-0.39, 0.29) is 12.0 Å². The fraction of sp³-hybridized carbons (Fsp3) is 0.105. The standard InChI is InChI=1S/C19H17N5O3/c20-17(26)16(25)15(12-13-6-2-1-3-7-13)23-19(27)14-8-4-9-21-18(14)24-11-5-10-22-24/h1-11,15H,12H2,(H2,20,26)(H,23,27). The molecule has 0 bridgehead atoms. The lowest BCUT2D eigenvalue weighted by Crippen LogP contribution is -2.47. The minimum Gasteiger partial charge on any atom is -0.363 e. The number of benzene rings is 1. The molecule has 0 saturated carbocycles. The summed E-state index contributed by atoms with van der Waals surface area (Å²) in [7, 11) is 0. The number of hydrogen-bond donors (Lipinski definition) is 2. The van der Waals surface area contributed by atoms with Crippen LogP contribution in [0.5, 0.6) is 0 Å². The maximum absolute atomic E-state index is 12.8. The Labute approximate surface area is 155 Å². The van der Waals surface area contributed by atoms with Crippen LogP contribution in [0.2, 0.25) is 0 Å². The van der Waals surface area contributed by atoms with Gasteiger partial charge in [-0.1, -0.05) is 30.3 Å². The van der Waals surface area contributed by atoms with Gasteiger partial charge in [-0.15, -0.1) is 0 Å². The number of nitrogens with two attached hydrogens (primary N) is 1. The number of rotatable bonds is 7. The molecule has 2 heterocycles. The molecule has 1 unspecified atom stereocenters. The van der Waals surface area contributed by atoms with Crippen LogP contribution >= 0.6 is 0 Å². The second-order valence-corrected chi connectivity index (χ2v) is 5.77. The lowest BCUT2D eigenvalue weighted by Gasteiger charge is -2.17. The van der Waals surface area contributed by atoms with Crippen LogP contribution in [-0.2, 0) is 16.0 Å². The summed E-state index contributed by atoms with van der Waals surface area (Å²) < 4.78 is 1.44. The Kier molecular flexibility index (Phi) is 5.36. The number of aromatic nitrogens is 3. The fourth-order valence-corrected chi connectivity index (χ4v) is 2.62. The van der Waals surface area contributed by atoms with Crippen LogP contribution < -0.4 is 11.1 Å². The summed E-state index contributed by atoms with van der Waals surface area (Å²) in [4.78, 5) is 40.6. The highest BCUT2D eigenvalue weighted by atomic mass is 16.2. The average Bonchev–Trinajstić information content (AvgIpc) is 3.22. The molecule has 3 aromatic rings. The molecule has 8 heteroatoms. The summed E-state index contributed by atoms with van der Waals surface area (Å²) >= 11 is 0. The topological polar surface area (TPSA) is 120 Å². The molecule has 1 atom stereocenters. The Bertz CT molecular complexity index is 954. The van der Waals surface area contributed by atoms with Gasteiger partial charge in [-0.2, -0.15) is 5.10 Å². The van der Waals surface area contributed by atoms with Crippen LogP contribution in [0.4, 0.5) is 0 Å². The van der Waals surface area contributed by atoms with Gasteiger partial charge in [0.15, 0.2) is 5.82 Å². The predicted octanol–water partition coefficient (Wildman–Crippen LogP) is 0.663. The molecule has 0 radical (unpaired) electrons. The summed E-state index contributed by atoms with van der Waals surface area (Å²) in [5.74, 6) is -2.21. The number of carbonyl (C=O) groups is 3. The molecule has 0 fully saturated rings. The zero-order valence-electron chi connectivity index (χ0n) is 14.3. The molecule has 8 nitrogen and oxygen atoms in total. The number of primary amides is 1. The van der Waals surface area contributed by atoms with Gasteiger partial charge in [0.25, 0.3) is 11.8 Å². The number of hydrogen-bond acceptors (Lipinski definition) is 5. The molecule has 0 saturated heterocycles. The quantitative estimate of drug-likeness (QED) is 0.598. The van der Waals surface area contributed by atoms with Crippen molar-refractivity contribution in [2.24, 2.45) is 5.73 Å². The number of ketones is 1. The largest absolute Gasteiger partial charge is 0.363 e. The molecular formula is C19H17N5O3. The van der Waals surface area contributed by atoms with E-state index in [4.69, 9.17) is 5.73 Å². The van der Waals surface area contributed by atoms with Crippen LogP contribution in [0.3, 0.4) is 0 Å². The van der Waals surface area contributed by atoms with Gasteiger partial charge < -0.3 is 11.1 Å². The van der Waals surface area contributed by atoms with Crippen molar-refractivity contribution in [2.75, 3.05) is 0 Å². The average molecular weight is 363 g/mol. The van der Waals surface area contributed by atoms with Crippen LogP contribution in [0.25, 0.3) is 5.82 Å². The van der Waals surface area contributed by atoms with Crippen LogP contribution in [0.15, 0.2) is 67.1 Å². The van der Waals surface area contributed by atoms with Crippen molar-refractivity contribution in [1.29, 1.82) is 0 Å². The van der Waals surface area contributed by atoms with Gasteiger partial charge in [0, 0.05) is 25.0 Å². The third kappa shape index (κ3) is 4.24. The molecular weight excluding hydrogens is 346 g/mol. The van der Waals surface area contributed by atoms with E-state index in [2.05, 4.69) is 15.4 Å². The molecule has 27 heavy (non-hydrogen) atoms. The molecule has 2 aromatic heterocycles. The lowest BCUT2D eigenvalue weighted by molar-refractivity contribution is -0.137. The van der Waals surface area contributed by atoms with Gasteiger partial charge >= 0.3 is 0 Å². The Hall–Kier alpha value is -3.81. The van der Waals surface area contributed by atoms with Gasteiger partial charge in [-0.25, -0.2) is 9.67 Å². The number of carbonyl (C=O) groups excluding carboxylic acids is 3. The Morgan fingerprint density at radius 2 is 1.81 bits per heavy atom. The van der Waals surface area contributed by atoms with Gasteiger partial charge in [-0.05, 0) is 23.8 Å². The second-order valence-electron chi connectivity index (χ2n) is 5.77. The molecule has 3 rings (SSSR count). The Morgan fingerprint density at radius 1 is 1.04 bits per heavy atom. The lowest BCUT2D eigenvalue weighted by atomic mass is 10.0. The van der Waals surface area contributed by atoms with E-state index >= 15 is 0 Å². The van der Waals surface area contributed by atoms with Crippen molar-refractivity contribution < 1.29 is 14.4 Å². The summed E-state index contributed by atoms with van der Waals surface area (Å²) in [6.45, 7) is 0. The molecule has 1 aromatic carbocycles. The molecule has 2 amide bonds. The van der Waals surface area contributed by atoms with Gasteiger partial charge in [0.2, 0.25) is 5.78 Å². The van der Waals surface area contributed by atoms with Crippen molar-refractivity contribution in [3.8, 4) is 5.82 Å². The summed E-state index contributed by atoms with van der Waals surface area (Å²) in [5.41, 5.74) is 6.15. The molecule has 0 spiro atoms. The molecule has 0 aliphatic heterocycles. The van der Waals surface area contributed by atoms with Crippen LogP contribution in [0, 0.1) is 0 Å². The number of nitrogens with zero attached hydrogens (tertiary/aromatic N) is 3. The first kappa shape index (κ1) is 18.0. The predicted molar refractivity (Wildman–Crippen MR) is 97.0 cm³/mol. The van der Waals surface area contributed by atoms with Crippen LogP contribution in [0.1, 0.15) is 15.9 Å². The van der Waals surface area contributed by atoms with E-state index in [1.807, 2.05) is 6.07 Å². The maximum atomic E-state index is 12.8. The van der Waals surface area contributed by atoms with E-state index in [9.17, 15) is 14.4 Å². The van der Waals surface area contributed by atoms with E-state index in [0.717, 1.165) is 5.56 Å². The fourth-order valence-electron chi connectivity index (χ4n) is 2.62. The monoisotopic (exact) mass is 363 g/mol. The minimum atomic E-state index is -1.10. The summed E-state index contributed by atoms with van der Waals surface area (Å²) in [6.07, 6.45) is 4.88. The van der Waals surface area contributed by atoms with Gasteiger partial charge in [0.05, 0.1) is 5.56 Å². The van der Waals surface area contributed by atoms with Crippen molar-refractivity contribution in [2.45, 2.75) is 12.5 Å². The second kappa shape index (κ2) is 8.05. The number of amides is 2. The molecule has 0 aliphatic carbocycles. The summed E-state index contributed by atoms with van der Waals surface area (Å²) in [5, 5.41) is 6.67. The van der Waals surface area contributed by atoms with Gasteiger partial charge in [0.1, 0.15) is 6.04 Å². The zero-order chi connectivity index (χ0) is 19.2. The van der Waals surface area contributed by atoms with Crippen molar-refractivity contribution in [3.05, 3.63) is 78.2 Å². The SMILES string of the molecule is NC(=O)C(=O)C(Cc1ccccc1)NC(=O)c1cccnc1-n1cccn1. The van der Waals surface area contributed by atoms with E-state index < -0.39 is 23.6 Å². The third-order valence-corrected chi connectivity index (χ3v) is 3.90. The number of Topliss-reactive ketones (excluding diaryl/α,β-unsaturated/α-hetero) is 1. The van der Waals surface area contributed by atoms with Crippen molar-refractivity contribution >= 4 is 17.6 Å². The highest BCUT2D eigenvalue weighted by molar-refractivity contribution is 6.38. The van der Waals surface area contributed by atoms with Crippen molar-refractivity contribution in [1.82, 2.24) is 20.1 Å². The normalized spacial score (nSPS) is 11.6. The molecule has 136 valence electrons. The molecule has 3 N–H and O–H groups in total. The summed E-state index contributed by atoms with van der Waals surface area (Å²) in [6, 6.07) is 12.8. The zero-order valence-corrected chi connectivity index (χ0v) is 14.3. The van der Waals surface area contributed by atoms with Gasteiger partial charge in [-0.3, -0.25) is 14.4 Å². The molecule has 0 aliphatic rings. The van der Waals surface area contributed by atoms with Crippen molar-refractivity contribution in [3.63, 3.8) is 0 Å². The van der Waals surface area contributed by atoms with E-state index in [1.165, 1.54) is 10.9 Å². The maximum Gasteiger partial charge on any atom is 0.287 e. The Morgan fingerprint density at radius 3 is 2.48 bits per heavy atom.